The highest BCUT2D eigenvalue weighted by Gasteiger charge is 2.19. The second-order valence-electron chi connectivity index (χ2n) is 4.41. The van der Waals surface area contributed by atoms with Crippen LogP contribution >= 0.6 is 0 Å². The molecule has 7 heteroatoms. The van der Waals surface area contributed by atoms with Gasteiger partial charge in [-0.05, 0) is 17.7 Å². The topological polar surface area (TPSA) is 90.9 Å². The lowest BCUT2D eigenvalue weighted by molar-refractivity contribution is 0.598. The maximum atomic E-state index is 11.9. The van der Waals surface area contributed by atoms with Crippen molar-refractivity contribution < 1.29 is 8.42 Å². The van der Waals surface area contributed by atoms with E-state index in [4.69, 9.17) is 5.14 Å². The minimum atomic E-state index is -3.86. The number of primary sulfonamides is 1. The van der Waals surface area contributed by atoms with Crippen LogP contribution in [0.5, 0.6) is 0 Å². The fourth-order valence-electron chi connectivity index (χ4n) is 2.18. The van der Waals surface area contributed by atoms with Gasteiger partial charge in [0.2, 0.25) is 10.0 Å². The third-order valence-corrected chi connectivity index (χ3v) is 4.00. The van der Waals surface area contributed by atoms with Crippen LogP contribution in [-0.4, -0.2) is 23.4 Å². The molecule has 0 spiro atoms. The first-order valence-corrected chi connectivity index (χ1v) is 7.70. The Balaban J connectivity index is 2.38. The number of rotatable bonds is 3. The summed E-state index contributed by atoms with van der Waals surface area (Å²) in [6, 6.07) is 14.1. The second-order valence-corrected chi connectivity index (χ2v) is 5.94. The van der Waals surface area contributed by atoms with Gasteiger partial charge in [0.25, 0.3) is 0 Å². The third-order valence-electron chi connectivity index (χ3n) is 3.04. The Bertz CT molecular complexity index is 859. The maximum Gasteiger partial charge on any atom is 0.238 e. The van der Waals surface area contributed by atoms with Crippen molar-refractivity contribution >= 4 is 10.0 Å². The molecule has 0 aliphatic rings. The summed E-state index contributed by atoms with van der Waals surface area (Å²) >= 11 is 0. The van der Waals surface area contributed by atoms with Gasteiger partial charge < -0.3 is 0 Å². The molecule has 3 aromatic rings. The van der Waals surface area contributed by atoms with Gasteiger partial charge in [0.15, 0.2) is 0 Å². The molecule has 0 saturated heterocycles. The van der Waals surface area contributed by atoms with Crippen LogP contribution in [0.2, 0.25) is 0 Å². The average molecular weight is 300 g/mol. The molecule has 0 radical (unpaired) electrons. The van der Waals surface area contributed by atoms with Crippen LogP contribution in [0, 0.1) is 0 Å². The number of hydrogen-bond donors (Lipinski definition) is 1. The molecule has 21 heavy (non-hydrogen) atoms. The molecule has 0 fully saturated rings. The molecule has 0 amide bonds. The van der Waals surface area contributed by atoms with Crippen molar-refractivity contribution in [3.05, 3.63) is 60.9 Å². The van der Waals surface area contributed by atoms with Crippen LogP contribution in [0.4, 0.5) is 0 Å². The molecule has 6 nitrogen and oxygen atoms in total. The summed E-state index contributed by atoms with van der Waals surface area (Å²) in [7, 11) is -3.86. The van der Waals surface area contributed by atoms with E-state index >= 15 is 0 Å². The zero-order chi connectivity index (χ0) is 14.9. The van der Waals surface area contributed by atoms with Crippen molar-refractivity contribution in [2.75, 3.05) is 0 Å². The van der Waals surface area contributed by atoms with Crippen molar-refractivity contribution in [2.24, 2.45) is 5.14 Å². The zero-order valence-corrected chi connectivity index (χ0v) is 11.7. The lowest BCUT2D eigenvalue weighted by Gasteiger charge is -2.13. The Morgan fingerprint density at radius 2 is 1.76 bits per heavy atom. The van der Waals surface area contributed by atoms with Gasteiger partial charge >= 0.3 is 0 Å². The number of aromatic nitrogens is 3. The number of nitrogens with two attached hydrogens (primary N) is 1. The number of sulfonamides is 1. The molecule has 106 valence electrons. The van der Waals surface area contributed by atoms with Gasteiger partial charge in [-0.1, -0.05) is 41.6 Å². The summed E-state index contributed by atoms with van der Waals surface area (Å²) < 4.78 is 25.3. The Hall–Kier alpha value is -2.51. The van der Waals surface area contributed by atoms with Crippen LogP contribution in [0.1, 0.15) is 0 Å². The lowest BCUT2D eigenvalue weighted by Crippen LogP contribution is -2.14. The number of nitrogens with zero attached hydrogens (tertiary/aromatic N) is 3. The average Bonchev–Trinajstić information content (AvgIpc) is 3.00. The summed E-state index contributed by atoms with van der Waals surface area (Å²) in [4.78, 5) is 0.0571. The highest BCUT2D eigenvalue weighted by molar-refractivity contribution is 7.89. The third kappa shape index (κ3) is 2.56. The second kappa shape index (κ2) is 5.12. The van der Waals surface area contributed by atoms with E-state index in [1.807, 2.05) is 30.3 Å². The summed E-state index contributed by atoms with van der Waals surface area (Å²) in [6.45, 7) is 0. The largest absolute Gasteiger partial charge is 0.238 e. The van der Waals surface area contributed by atoms with Gasteiger partial charge in [-0.2, -0.15) is 0 Å². The van der Waals surface area contributed by atoms with Gasteiger partial charge in [0.1, 0.15) is 0 Å². The molecule has 1 heterocycles. The normalized spacial score (nSPS) is 11.5. The lowest BCUT2D eigenvalue weighted by atomic mass is 10.0. The van der Waals surface area contributed by atoms with E-state index in [9.17, 15) is 8.42 Å². The van der Waals surface area contributed by atoms with E-state index in [0.29, 0.717) is 11.3 Å². The van der Waals surface area contributed by atoms with Crippen molar-refractivity contribution in [3.63, 3.8) is 0 Å². The zero-order valence-electron chi connectivity index (χ0n) is 10.9. The van der Waals surface area contributed by atoms with Crippen molar-refractivity contribution in [1.29, 1.82) is 0 Å². The minimum Gasteiger partial charge on any atom is -0.225 e. The fourth-order valence-corrected chi connectivity index (χ4v) is 2.95. The predicted octanol–water partition coefficient (Wildman–Crippen LogP) is 1.58. The van der Waals surface area contributed by atoms with Crippen molar-refractivity contribution in [2.45, 2.75) is 4.90 Å². The van der Waals surface area contributed by atoms with E-state index in [0.717, 1.165) is 5.56 Å². The summed E-state index contributed by atoms with van der Waals surface area (Å²) in [6.07, 6.45) is 3.17. The summed E-state index contributed by atoms with van der Waals surface area (Å²) in [5.41, 5.74) is 1.85. The summed E-state index contributed by atoms with van der Waals surface area (Å²) in [5.74, 6) is 0. The molecule has 0 atom stereocenters. The summed E-state index contributed by atoms with van der Waals surface area (Å²) in [5, 5.41) is 13.0. The highest BCUT2D eigenvalue weighted by Crippen LogP contribution is 2.32. The standard InChI is InChI=1S/C14H12N4O2S/c15-21(19,20)13-8-4-7-12(18-10-9-16-17-18)14(13)11-5-2-1-3-6-11/h1-10H,(H2,15,19,20). The van der Waals surface area contributed by atoms with E-state index in [-0.39, 0.29) is 4.90 Å². The monoisotopic (exact) mass is 300 g/mol. The van der Waals surface area contributed by atoms with Gasteiger partial charge in [-0.3, -0.25) is 0 Å². The first-order chi connectivity index (χ1) is 10.1. The maximum absolute atomic E-state index is 11.9. The van der Waals surface area contributed by atoms with Crippen LogP contribution in [0.15, 0.2) is 65.8 Å². The molecule has 3 rings (SSSR count). The van der Waals surface area contributed by atoms with E-state index in [1.54, 1.807) is 18.3 Å². The Kier molecular flexibility index (Phi) is 3.28. The Morgan fingerprint density at radius 1 is 1.00 bits per heavy atom. The van der Waals surface area contributed by atoms with Crippen LogP contribution < -0.4 is 5.14 Å². The van der Waals surface area contributed by atoms with E-state index < -0.39 is 10.0 Å². The fraction of sp³-hybridized carbons (Fsp3) is 0. The minimum absolute atomic E-state index is 0.0571. The molecule has 0 bridgehead atoms. The van der Waals surface area contributed by atoms with Gasteiger partial charge in [-0.25, -0.2) is 18.2 Å². The number of hydrogen-bond acceptors (Lipinski definition) is 4. The number of benzene rings is 2. The van der Waals surface area contributed by atoms with Crippen LogP contribution in [0.3, 0.4) is 0 Å². The van der Waals surface area contributed by atoms with Crippen molar-refractivity contribution in [1.82, 2.24) is 15.0 Å². The molecule has 2 aromatic carbocycles. The predicted molar refractivity (Wildman–Crippen MR) is 78.2 cm³/mol. The molecule has 2 N–H and O–H groups in total. The van der Waals surface area contributed by atoms with E-state index in [2.05, 4.69) is 10.3 Å². The van der Waals surface area contributed by atoms with Crippen LogP contribution in [0.25, 0.3) is 16.8 Å². The Morgan fingerprint density at radius 3 is 2.38 bits per heavy atom. The molecular formula is C14H12N4O2S. The first kappa shape index (κ1) is 13.5. The highest BCUT2D eigenvalue weighted by atomic mass is 32.2. The Labute approximate surface area is 121 Å². The van der Waals surface area contributed by atoms with Gasteiger partial charge in [-0.15, -0.1) is 5.10 Å². The molecule has 0 unspecified atom stereocenters. The van der Waals surface area contributed by atoms with Crippen molar-refractivity contribution in [3.8, 4) is 16.8 Å². The first-order valence-electron chi connectivity index (χ1n) is 6.15. The van der Waals surface area contributed by atoms with Crippen LogP contribution in [-0.2, 0) is 10.0 Å². The smallest absolute Gasteiger partial charge is 0.225 e. The molecule has 1 aromatic heterocycles. The molecular weight excluding hydrogens is 288 g/mol. The van der Waals surface area contributed by atoms with Gasteiger partial charge in [0, 0.05) is 5.56 Å². The SMILES string of the molecule is NS(=O)(=O)c1cccc(-n2ccnn2)c1-c1ccccc1. The molecule has 0 aliphatic heterocycles. The van der Waals surface area contributed by atoms with E-state index in [1.165, 1.54) is 16.9 Å². The van der Waals surface area contributed by atoms with Gasteiger partial charge in [0.05, 0.1) is 23.0 Å². The molecule has 0 saturated carbocycles. The molecule has 0 aliphatic carbocycles. The quantitative estimate of drug-likeness (QED) is 0.795.